The minimum Gasteiger partial charge on any atom is -0.297 e. The summed E-state index contributed by atoms with van der Waals surface area (Å²) in [6, 6.07) is 5.15. The van der Waals surface area contributed by atoms with Gasteiger partial charge in [-0.2, -0.15) is 0 Å². The summed E-state index contributed by atoms with van der Waals surface area (Å²) < 4.78 is 0.585. The van der Waals surface area contributed by atoms with Gasteiger partial charge in [-0.05, 0) is 34.5 Å². The van der Waals surface area contributed by atoms with Crippen molar-refractivity contribution in [3.05, 3.63) is 28.2 Å². The van der Waals surface area contributed by atoms with Crippen molar-refractivity contribution >= 4 is 39.1 Å². The highest BCUT2D eigenvalue weighted by atomic mass is 79.9. The van der Waals surface area contributed by atoms with Crippen LogP contribution in [0, 0.1) is 5.92 Å². The van der Waals surface area contributed by atoms with Gasteiger partial charge < -0.3 is 0 Å². The summed E-state index contributed by atoms with van der Waals surface area (Å²) in [6.07, 6.45) is 0.722. The maximum Gasteiger partial charge on any atom is 0.299 e. The van der Waals surface area contributed by atoms with Crippen molar-refractivity contribution < 1.29 is 14.4 Å². The Bertz CT molecular complexity index is 568. The van der Waals surface area contributed by atoms with Crippen molar-refractivity contribution in [2.45, 2.75) is 20.3 Å². The second kappa shape index (κ2) is 5.25. The van der Waals surface area contributed by atoms with Gasteiger partial charge >= 0.3 is 0 Å². The number of halogens is 1. The highest BCUT2D eigenvalue weighted by molar-refractivity contribution is 9.10. The first kappa shape index (κ1) is 13.9. The summed E-state index contributed by atoms with van der Waals surface area (Å²) in [5, 5.41) is 0. The number of amides is 1. The van der Waals surface area contributed by atoms with Gasteiger partial charge in [0.25, 0.3) is 11.7 Å². The molecule has 0 N–H and O–H groups in total. The van der Waals surface area contributed by atoms with Crippen LogP contribution in [0.3, 0.4) is 0 Å². The Labute approximate surface area is 119 Å². The molecular formula is C14H14BrNO3. The van der Waals surface area contributed by atoms with Gasteiger partial charge in [-0.3, -0.25) is 19.3 Å². The molecule has 1 aromatic carbocycles. The molecule has 1 unspecified atom stereocenters. The third-order valence-corrected chi connectivity index (χ3v) is 4.09. The summed E-state index contributed by atoms with van der Waals surface area (Å²) in [5.41, 5.74) is 0.866. The topological polar surface area (TPSA) is 54.5 Å². The van der Waals surface area contributed by atoms with Gasteiger partial charge in [-0.25, -0.2) is 0 Å². The van der Waals surface area contributed by atoms with Gasteiger partial charge in [-0.1, -0.05) is 19.9 Å². The van der Waals surface area contributed by atoms with E-state index in [1.54, 1.807) is 18.2 Å². The number of nitrogens with zero attached hydrogens (tertiary/aromatic N) is 1. The molecule has 0 aliphatic carbocycles. The lowest BCUT2D eigenvalue weighted by Gasteiger charge is -2.17. The van der Waals surface area contributed by atoms with Crippen LogP contribution in [0.1, 0.15) is 30.6 Å². The lowest BCUT2D eigenvalue weighted by Crippen LogP contribution is -2.36. The molecule has 4 nitrogen and oxygen atoms in total. The molecule has 1 aromatic rings. The monoisotopic (exact) mass is 323 g/mol. The maximum atomic E-state index is 12.0. The number of carbonyl (C=O) groups excluding carboxylic acids is 3. The third kappa shape index (κ3) is 2.34. The Morgan fingerprint density at radius 2 is 2.05 bits per heavy atom. The molecule has 0 spiro atoms. The Balaban J connectivity index is 2.34. The van der Waals surface area contributed by atoms with Gasteiger partial charge in [0.2, 0.25) is 0 Å². The number of rotatable bonds is 4. The van der Waals surface area contributed by atoms with E-state index in [0.29, 0.717) is 15.7 Å². The number of hydrogen-bond donors (Lipinski definition) is 0. The maximum absolute atomic E-state index is 12.0. The van der Waals surface area contributed by atoms with Crippen LogP contribution in [0.5, 0.6) is 0 Å². The van der Waals surface area contributed by atoms with E-state index in [1.807, 2.05) is 13.8 Å². The number of hydrogen-bond acceptors (Lipinski definition) is 3. The predicted molar refractivity (Wildman–Crippen MR) is 75.3 cm³/mol. The van der Waals surface area contributed by atoms with Gasteiger partial charge in [-0.15, -0.1) is 0 Å². The molecule has 0 fully saturated rings. The Morgan fingerprint density at radius 1 is 1.37 bits per heavy atom. The molecule has 100 valence electrons. The van der Waals surface area contributed by atoms with Crippen molar-refractivity contribution in [1.82, 2.24) is 0 Å². The smallest absolute Gasteiger partial charge is 0.297 e. The number of anilines is 1. The van der Waals surface area contributed by atoms with Gasteiger partial charge in [0, 0.05) is 10.4 Å². The summed E-state index contributed by atoms with van der Waals surface area (Å²) in [7, 11) is 0. The number of ketones is 2. The van der Waals surface area contributed by atoms with Gasteiger partial charge in [0.15, 0.2) is 5.78 Å². The zero-order chi connectivity index (χ0) is 14.2. The Hall–Kier alpha value is -1.49. The highest BCUT2D eigenvalue weighted by Gasteiger charge is 2.38. The van der Waals surface area contributed by atoms with E-state index in [-0.39, 0.29) is 18.2 Å². The fourth-order valence-electron chi connectivity index (χ4n) is 2.00. The van der Waals surface area contributed by atoms with Crippen LogP contribution in [0.25, 0.3) is 0 Å². The number of carbonyl (C=O) groups is 3. The number of benzene rings is 1. The molecular weight excluding hydrogens is 310 g/mol. The first-order valence-corrected chi connectivity index (χ1v) is 6.94. The second-order valence-corrected chi connectivity index (χ2v) is 5.48. The number of fused-ring (bicyclic) bond motifs is 1. The summed E-state index contributed by atoms with van der Waals surface area (Å²) in [6.45, 7) is 3.71. The van der Waals surface area contributed by atoms with Crippen molar-refractivity contribution in [2.24, 2.45) is 5.92 Å². The van der Waals surface area contributed by atoms with E-state index in [4.69, 9.17) is 0 Å². The average molecular weight is 324 g/mol. The zero-order valence-electron chi connectivity index (χ0n) is 10.8. The second-order valence-electron chi connectivity index (χ2n) is 4.63. The average Bonchev–Trinajstić information content (AvgIpc) is 2.64. The van der Waals surface area contributed by atoms with Crippen molar-refractivity contribution in [1.29, 1.82) is 0 Å². The Kier molecular flexibility index (Phi) is 3.85. The standard InChI is InChI=1S/C14H14BrNO3/c1-3-8(2)11(17)7-16-10-6-4-5-9(15)12(10)13(18)14(16)19/h4-6,8H,3,7H2,1-2H3. The molecule has 0 bridgehead atoms. The molecule has 1 atom stereocenters. The normalized spacial score (nSPS) is 15.6. The van der Waals surface area contributed by atoms with Crippen molar-refractivity contribution in [3.63, 3.8) is 0 Å². The largest absolute Gasteiger partial charge is 0.299 e. The van der Waals surface area contributed by atoms with E-state index in [2.05, 4.69) is 15.9 Å². The molecule has 0 saturated carbocycles. The third-order valence-electron chi connectivity index (χ3n) is 3.42. The first-order chi connectivity index (χ1) is 8.97. The van der Waals surface area contributed by atoms with E-state index in [0.717, 1.165) is 6.42 Å². The molecule has 1 aliphatic rings. The molecule has 0 radical (unpaired) electrons. The SMILES string of the molecule is CCC(C)C(=O)CN1C(=O)C(=O)c2c(Br)cccc21. The van der Waals surface area contributed by atoms with Crippen LogP contribution >= 0.6 is 15.9 Å². The summed E-state index contributed by atoms with van der Waals surface area (Å²) in [5.74, 6) is -1.33. The van der Waals surface area contributed by atoms with Crippen molar-refractivity contribution in [3.8, 4) is 0 Å². The quantitative estimate of drug-likeness (QED) is 0.800. The fourth-order valence-corrected chi connectivity index (χ4v) is 2.53. The highest BCUT2D eigenvalue weighted by Crippen LogP contribution is 2.34. The van der Waals surface area contributed by atoms with Gasteiger partial charge in [0.1, 0.15) is 0 Å². The van der Waals surface area contributed by atoms with Crippen molar-refractivity contribution in [2.75, 3.05) is 11.4 Å². The van der Waals surface area contributed by atoms with Crippen LogP contribution in [0.4, 0.5) is 5.69 Å². The van der Waals surface area contributed by atoms with E-state index in [1.165, 1.54) is 4.90 Å². The zero-order valence-corrected chi connectivity index (χ0v) is 12.4. The number of Topliss-reactive ketones (excluding diaryl/α,β-unsaturated/α-hetero) is 2. The molecule has 0 aromatic heterocycles. The van der Waals surface area contributed by atoms with E-state index >= 15 is 0 Å². The van der Waals surface area contributed by atoms with Crippen LogP contribution < -0.4 is 4.90 Å². The minimum absolute atomic E-state index is 0.0310. The Morgan fingerprint density at radius 3 is 2.68 bits per heavy atom. The molecule has 1 aliphatic heterocycles. The van der Waals surface area contributed by atoms with Crippen LogP contribution in [0.15, 0.2) is 22.7 Å². The molecule has 0 saturated heterocycles. The minimum atomic E-state index is -0.626. The summed E-state index contributed by atoms with van der Waals surface area (Å²) >= 11 is 3.27. The molecule has 5 heteroatoms. The van der Waals surface area contributed by atoms with Crippen LogP contribution in [-0.4, -0.2) is 24.0 Å². The van der Waals surface area contributed by atoms with E-state index < -0.39 is 11.7 Å². The lowest BCUT2D eigenvalue weighted by molar-refractivity contribution is -0.123. The predicted octanol–water partition coefficient (Wildman–Crippen LogP) is 2.59. The molecule has 1 amide bonds. The van der Waals surface area contributed by atoms with Crippen LogP contribution in [-0.2, 0) is 9.59 Å². The molecule has 2 rings (SSSR count). The summed E-state index contributed by atoms with van der Waals surface area (Å²) in [4.78, 5) is 37.1. The fraction of sp³-hybridized carbons (Fsp3) is 0.357. The molecule has 19 heavy (non-hydrogen) atoms. The van der Waals surface area contributed by atoms with Crippen LogP contribution in [0.2, 0.25) is 0 Å². The first-order valence-electron chi connectivity index (χ1n) is 6.14. The van der Waals surface area contributed by atoms with E-state index in [9.17, 15) is 14.4 Å². The lowest BCUT2D eigenvalue weighted by atomic mass is 10.0. The van der Waals surface area contributed by atoms with Gasteiger partial charge in [0.05, 0.1) is 17.8 Å². The molecule has 1 heterocycles.